The molecular weight excluding hydrogens is 200 g/mol. The number of benzene rings is 1. The molecule has 0 fully saturated rings. The van der Waals surface area contributed by atoms with Crippen LogP contribution in [-0.4, -0.2) is 5.75 Å². The van der Waals surface area contributed by atoms with Gasteiger partial charge in [0.1, 0.15) is 0 Å². The van der Waals surface area contributed by atoms with Crippen molar-refractivity contribution in [3.8, 4) is 0 Å². The first kappa shape index (κ1) is 12.6. The highest BCUT2D eigenvalue weighted by molar-refractivity contribution is 7.80. The molecule has 0 amide bonds. The largest absolute Gasteiger partial charge is 0.179 e. The van der Waals surface area contributed by atoms with Gasteiger partial charge in [-0.25, -0.2) is 0 Å². The molecule has 0 saturated heterocycles. The summed E-state index contributed by atoms with van der Waals surface area (Å²) in [6.07, 6.45) is 1.16. The summed E-state index contributed by atoms with van der Waals surface area (Å²) < 4.78 is 0. The zero-order valence-electron chi connectivity index (χ0n) is 10.5. The second-order valence-electron chi connectivity index (χ2n) is 4.59. The minimum Gasteiger partial charge on any atom is -0.179 e. The predicted molar refractivity (Wildman–Crippen MR) is 72.3 cm³/mol. The smallest absolute Gasteiger partial charge is 0.00922 e. The van der Waals surface area contributed by atoms with Crippen molar-refractivity contribution < 1.29 is 0 Å². The van der Waals surface area contributed by atoms with E-state index in [0.29, 0.717) is 5.92 Å². The summed E-state index contributed by atoms with van der Waals surface area (Å²) in [6, 6.07) is 2.29. The molecule has 0 saturated carbocycles. The van der Waals surface area contributed by atoms with Crippen molar-refractivity contribution in [1.29, 1.82) is 0 Å². The minimum atomic E-state index is 0.626. The van der Waals surface area contributed by atoms with Crippen LogP contribution in [0.15, 0.2) is 6.07 Å². The van der Waals surface area contributed by atoms with Gasteiger partial charge in [0.25, 0.3) is 0 Å². The molecule has 0 aliphatic carbocycles. The van der Waals surface area contributed by atoms with E-state index in [-0.39, 0.29) is 0 Å². The van der Waals surface area contributed by atoms with Crippen LogP contribution in [0.4, 0.5) is 0 Å². The Morgan fingerprint density at radius 1 is 1.07 bits per heavy atom. The molecule has 0 radical (unpaired) electrons. The molecule has 0 nitrogen and oxygen atoms in total. The molecule has 0 heterocycles. The van der Waals surface area contributed by atoms with Gasteiger partial charge in [-0.3, -0.25) is 0 Å². The Bertz CT molecular complexity index is 327. The lowest BCUT2D eigenvalue weighted by atomic mass is 9.86. The summed E-state index contributed by atoms with van der Waals surface area (Å²) in [4.78, 5) is 0. The van der Waals surface area contributed by atoms with E-state index < -0.39 is 0 Å². The Morgan fingerprint density at radius 3 is 1.93 bits per heavy atom. The summed E-state index contributed by atoms with van der Waals surface area (Å²) in [5, 5.41) is 0. The van der Waals surface area contributed by atoms with Crippen LogP contribution in [0.1, 0.15) is 47.1 Å². The number of aryl methyl sites for hydroxylation is 2. The summed E-state index contributed by atoms with van der Waals surface area (Å²) in [6.45, 7) is 11.2. The molecule has 84 valence electrons. The van der Waals surface area contributed by atoms with Gasteiger partial charge in [-0.1, -0.05) is 13.0 Å². The first-order chi connectivity index (χ1) is 6.99. The lowest BCUT2D eigenvalue weighted by molar-refractivity contribution is 0.728. The van der Waals surface area contributed by atoms with Crippen molar-refractivity contribution in [3.63, 3.8) is 0 Å². The Kier molecular flexibility index (Phi) is 4.27. The molecule has 0 aliphatic heterocycles. The van der Waals surface area contributed by atoms with Crippen LogP contribution in [0.5, 0.6) is 0 Å². The van der Waals surface area contributed by atoms with Crippen LogP contribution in [0, 0.1) is 27.7 Å². The quantitative estimate of drug-likeness (QED) is 0.722. The van der Waals surface area contributed by atoms with Crippen molar-refractivity contribution >= 4 is 12.6 Å². The average Bonchev–Trinajstić information content (AvgIpc) is 2.16. The molecule has 15 heavy (non-hydrogen) atoms. The monoisotopic (exact) mass is 222 g/mol. The molecule has 1 aromatic rings. The molecule has 0 aromatic heterocycles. The van der Waals surface area contributed by atoms with Crippen LogP contribution in [0.2, 0.25) is 0 Å². The van der Waals surface area contributed by atoms with E-state index in [1.54, 1.807) is 5.56 Å². The van der Waals surface area contributed by atoms with Crippen LogP contribution in [0.3, 0.4) is 0 Å². The maximum atomic E-state index is 4.33. The Morgan fingerprint density at radius 2 is 1.53 bits per heavy atom. The molecule has 0 N–H and O–H groups in total. The van der Waals surface area contributed by atoms with Gasteiger partial charge < -0.3 is 0 Å². The van der Waals surface area contributed by atoms with Gasteiger partial charge >= 0.3 is 0 Å². The van der Waals surface area contributed by atoms with Crippen molar-refractivity contribution in [1.82, 2.24) is 0 Å². The molecule has 0 spiro atoms. The van der Waals surface area contributed by atoms with E-state index in [0.717, 1.165) is 12.2 Å². The molecule has 1 atom stereocenters. The third-order valence-electron chi connectivity index (χ3n) is 3.48. The van der Waals surface area contributed by atoms with Gasteiger partial charge in [0.15, 0.2) is 0 Å². The zero-order chi connectivity index (χ0) is 11.6. The molecule has 1 rings (SSSR count). The third kappa shape index (κ3) is 2.57. The highest BCUT2D eigenvalue weighted by atomic mass is 32.1. The van der Waals surface area contributed by atoms with Crippen LogP contribution < -0.4 is 0 Å². The first-order valence-electron chi connectivity index (χ1n) is 5.67. The molecule has 0 bridgehead atoms. The topological polar surface area (TPSA) is 0 Å². The van der Waals surface area contributed by atoms with Crippen molar-refractivity contribution in [3.05, 3.63) is 33.9 Å². The molecular formula is C14H22S. The minimum absolute atomic E-state index is 0.626. The van der Waals surface area contributed by atoms with Gasteiger partial charge in [-0.05, 0) is 73.6 Å². The maximum absolute atomic E-state index is 4.33. The second kappa shape index (κ2) is 5.07. The fraction of sp³-hybridized carbons (Fsp3) is 0.571. The Hall–Kier alpha value is -0.430. The zero-order valence-corrected chi connectivity index (χ0v) is 11.4. The summed E-state index contributed by atoms with van der Waals surface area (Å²) in [5.74, 6) is 1.59. The molecule has 1 unspecified atom stereocenters. The van der Waals surface area contributed by atoms with Crippen molar-refractivity contribution in [2.45, 2.75) is 47.0 Å². The van der Waals surface area contributed by atoms with Crippen molar-refractivity contribution in [2.75, 3.05) is 5.75 Å². The van der Waals surface area contributed by atoms with E-state index in [4.69, 9.17) is 0 Å². The highest BCUT2D eigenvalue weighted by Gasteiger charge is 2.13. The standard InChI is InChI=1S/C14H22S/c1-9(6-7-15)14-12(4)10(2)8-11(3)13(14)5/h8-9,15H,6-7H2,1-5H3. The predicted octanol–water partition coefficient (Wildman–Crippen LogP) is 4.34. The van der Waals surface area contributed by atoms with E-state index in [1.165, 1.54) is 22.3 Å². The number of hydrogen-bond acceptors (Lipinski definition) is 1. The van der Waals surface area contributed by atoms with Crippen molar-refractivity contribution in [2.24, 2.45) is 0 Å². The molecule has 0 aliphatic rings. The Labute approximate surface area is 99.5 Å². The highest BCUT2D eigenvalue weighted by Crippen LogP contribution is 2.30. The third-order valence-corrected chi connectivity index (χ3v) is 3.74. The number of hydrogen-bond donors (Lipinski definition) is 1. The maximum Gasteiger partial charge on any atom is -0.00922 e. The molecule has 1 aromatic carbocycles. The number of rotatable bonds is 3. The second-order valence-corrected chi connectivity index (χ2v) is 5.03. The number of thiol groups is 1. The fourth-order valence-corrected chi connectivity index (χ4v) is 2.71. The van der Waals surface area contributed by atoms with E-state index >= 15 is 0 Å². The van der Waals surface area contributed by atoms with Gasteiger partial charge in [0, 0.05) is 0 Å². The lowest BCUT2D eigenvalue weighted by Gasteiger charge is -2.20. The fourth-order valence-electron chi connectivity index (χ4n) is 2.32. The summed E-state index contributed by atoms with van der Waals surface area (Å²) in [7, 11) is 0. The van der Waals surface area contributed by atoms with Crippen LogP contribution >= 0.6 is 12.6 Å². The summed E-state index contributed by atoms with van der Waals surface area (Å²) in [5.41, 5.74) is 7.31. The van der Waals surface area contributed by atoms with E-state index in [9.17, 15) is 0 Å². The average molecular weight is 222 g/mol. The van der Waals surface area contributed by atoms with Crippen LogP contribution in [-0.2, 0) is 0 Å². The Balaban J connectivity index is 3.26. The first-order valence-corrected chi connectivity index (χ1v) is 6.30. The van der Waals surface area contributed by atoms with Gasteiger partial charge in [-0.15, -0.1) is 0 Å². The summed E-state index contributed by atoms with van der Waals surface area (Å²) >= 11 is 4.33. The van der Waals surface area contributed by atoms with Gasteiger partial charge in [-0.2, -0.15) is 12.6 Å². The van der Waals surface area contributed by atoms with Gasteiger partial charge in [0.2, 0.25) is 0 Å². The SMILES string of the molecule is Cc1cc(C)c(C)c(C(C)CCS)c1C. The van der Waals surface area contributed by atoms with E-state index in [2.05, 4.69) is 53.3 Å². The molecule has 1 heteroatoms. The van der Waals surface area contributed by atoms with E-state index in [1.807, 2.05) is 0 Å². The van der Waals surface area contributed by atoms with Crippen LogP contribution in [0.25, 0.3) is 0 Å². The lowest BCUT2D eigenvalue weighted by Crippen LogP contribution is -2.04. The van der Waals surface area contributed by atoms with Gasteiger partial charge in [0.05, 0.1) is 0 Å². The normalized spacial score (nSPS) is 12.9.